The van der Waals surface area contributed by atoms with Gasteiger partial charge in [-0.15, -0.1) is 0 Å². The average molecular weight is 447 g/mol. The predicted molar refractivity (Wildman–Crippen MR) is 122 cm³/mol. The highest BCUT2D eigenvalue weighted by molar-refractivity contribution is 5.80. The van der Waals surface area contributed by atoms with Crippen molar-refractivity contribution in [3.8, 4) is 5.75 Å². The van der Waals surface area contributed by atoms with Crippen molar-refractivity contribution in [2.45, 2.75) is 38.5 Å². The molecule has 0 aliphatic carbocycles. The summed E-state index contributed by atoms with van der Waals surface area (Å²) < 4.78 is 32.0. The highest BCUT2D eigenvalue weighted by Gasteiger charge is 2.20. The van der Waals surface area contributed by atoms with Crippen molar-refractivity contribution in [1.29, 1.82) is 0 Å². The summed E-state index contributed by atoms with van der Waals surface area (Å²) in [7, 11) is 1.46. The number of guanidine groups is 1. The monoisotopic (exact) mass is 446 g/mol. The normalized spacial score (nSPS) is 16.6. The molecule has 1 aliphatic heterocycles. The second-order valence-electron chi connectivity index (χ2n) is 7.95. The molecular formula is C24H32F2N4O2. The zero-order chi connectivity index (χ0) is 22.9. The van der Waals surface area contributed by atoms with Gasteiger partial charge >= 0.3 is 0 Å². The lowest BCUT2D eigenvalue weighted by Gasteiger charge is -2.33. The Labute approximate surface area is 188 Å². The summed E-state index contributed by atoms with van der Waals surface area (Å²) >= 11 is 0. The summed E-state index contributed by atoms with van der Waals surface area (Å²) in [4.78, 5) is 6.81. The standard InChI is InChI=1S/C24H32F2N4O2/c1-3-27-24(28-15-22(31)18-5-7-19(25)8-6-18)29-20-10-12-30(13-11-20)16-17-4-9-23(32-2)21(26)14-17/h4-9,14,20,22,31H,3,10-13,15-16H2,1-2H3,(H2,27,28,29). The van der Waals surface area contributed by atoms with Gasteiger partial charge in [-0.25, -0.2) is 8.78 Å². The molecule has 2 aromatic carbocycles. The fourth-order valence-corrected chi connectivity index (χ4v) is 3.78. The van der Waals surface area contributed by atoms with Crippen LogP contribution in [0.4, 0.5) is 8.78 Å². The molecule has 0 spiro atoms. The van der Waals surface area contributed by atoms with Crippen molar-refractivity contribution < 1.29 is 18.6 Å². The third kappa shape index (κ3) is 6.90. The van der Waals surface area contributed by atoms with Crippen LogP contribution in [0.5, 0.6) is 5.75 Å². The molecule has 1 saturated heterocycles. The summed E-state index contributed by atoms with van der Waals surface area (Å²) in [6.45, 7) is 5.37. The van der Waals surface area contributed by atoms with E-state index in [2.05, 4.69) is 20.5 Å². The molecule has 1 fully saturated rings. The van der Waals surface area contributed by atoms with Gasteiger partial charge in [-0.05, 0) is 55.2 Å². The van der Waals surface area contributed by atoms with E-state index in [0.29, 0.717) is 24.6 Å². The van der Waals surface area contributed by atoms with Crippen LogP contribution >= 0.6 is 0 Å². The van der Waals surface area contributed by atoms with E-state index in [1.54, 1.807) is 18.2 Å². The van der Waals surface area contributed by atoms with Crippen LogP contribution in [-0.4, -0.2) is 55.3 Å². The van der Waals surface area contributed by atoms with E-state index < -0.39 is 6.10 Å². The Balaban J connectivity index is 1.49. The van der Waals surface area contributed by atoms with Gasteiger partial charge in [-0.1, -0.05) is 18.2 Å². The van der Waals surface area contributed by atoms with Crippen molar-refractivity contribution in [3.63, 3.8) is 0 Å². The van der Waals surface area contributed by atoms with Gasteiger partial charge in [0, 0.05) is 32.2 Å². The first kappa shape index (κ1) is 23.9. The van der Waals surface area contributed by atoms with Crippen molar-refractivity contribution in [2.75, 3.05) is 33.3 Å². The Morgan fingerprint density at radius 1 is 1.19 bits per heavy atom. The van der Waals surface area contributed by atoms with E-state index in [4.69, 9.17) is 4.74 Å². The smallest absolute Gasteiger partial charge is 0.191 e. The van der Waals surface area contributed by atoms with Gasteiger partial charge in [0.2, 0.25) is 0 Å². The molecule has 1 aliphatic rings. The number of rotatable bonds is 8. The molecule has 1 unspecified atom stereocenters. The summed E-state index contributed by atoms with van der Waals surface area (Å²) in [5.74, 6) is 0.250. The zero-order valence-electron chi connectivity index (χ0n) is 18.7. The third-order valence-electron chi connectivity index (χ3n) is 5.57. The molecule has 1 atom stereocenters. The van der Waals surface area contributed by atoms with E-state index in [1.807, 2.05) is 13.0 Å². The molecule has 0 saturated carbocycles. The van der Waals surface area contributed by atoms with Crippen LogP contribution in [-0.2, 0) is 6.54 Å². The fraction of sp³-hybridized carbons (Fsp3) is 0.458. The van der Waals surface area contributed by atoms with Crippen LogP contribution in [0.3, 0.4) is 0 Å². The van der Waals surface area contributed by atoms with Crippen molar-refractivity contribution in [2.24, 2.45) is 4.99 Å². The molecule has 0 bridgehead atoms. The van der Waals surface area contributed by atoms with Crippen molar-refractivity contribution in [3.05, 3.63) is 65.2 Å². The number of aliphatic imine (C=N–C) groups is 1. The molecule has 0 aromatic heterocycles. The summed E-state index contributed by atoms with van der Waals surface area (Å²) in [5, 5.41) is 17.0. The first-order valence-corrected chi connectivity index (χ1v) is 11.0. The first-order valence-electron chi connectivity index (χ1n) is 11.0. The molecule has 0 radical (unpaired) electrons. The van der Waals surface area contributed by atoms with Gasteiger partial charge in [0.15, 0.2) is 17.5 Å². The largest absolute Gasteiger partial charge is 0.494 e. The summed E-state index contributed by atoms with van der Waals surface area (Å²) in [5.41, 5.74) is 1.56. The number of aliphatic hydroxyl groups excluding tert-OH is 1. The van der Waals surface area contributed by atoms with Crippen LogP contribution < -0.4 is 15.4 Å². The maximum absolute atomic E-state index is 13.9. The number of hydrogen-bond donors (Lipinski definition) is 3. The van der Waals surface area contributed by atoms with E-state index >= 15 is 0 Å². The number of hydrogen-bond acceptors (Lipinski definition) is 4. The minimum Gasteiger partial charge on any atom is -0.494 e. The van der Waals surface area contributed by atoms with Crippen LogP contribution in [0.1, 0.15) is 37.0 Å². The minimum absolute atomic E-state index is 0.183. The Hall–Kier alpha value is -2.71. The Kier molecular flexibility index (Phi) is 8.81. The van der Waals surface area contributed by atoms with Crippen molar-refractivity contribution in [1.82, 2.24) is 15.5 Å². The highest BCUT2D eigenvalue weighted by atomic mass is 19.1. The number of aliphatic hydroxyl groups is 1. The number of halogens is 2. The molecule has 174 valence electrons. The quantitative estimate of drug-likeness (QED) is 0.429. The van der Waals surface area contributed by atoms with E-state index in [9.17, 15) is 13.9 Å². The minimum atomic E-state index is -0.794. The average Bonchev–Trinajstić information content (AvgIpc) is 2.79. The number of likely N-dealkylation sites (tertiary alicyclic amines) is 1. The van der Waals surface area contributed by atoms with Gasteiger partial charge in [-0.3, -0.25) is 9.89 Å². The van der Waals surface area contributed by atoms with Crippen LogP contribution in [0, 0.1) is 11.6 Å². The predicted octanol–water partition coefficient (Wildman–Crippen LogP) is 3.23. The lowest BCUT2D eigenvalue weighted by Crippen LogP contribution is -2.48. The number of nitrogens with one attached hydrogen (secondary N) is 2. The molecule has 3 rings (SSSR count). The second kappa shape index (κ2) is 11.8. The number of methoxy groups -OCH3 is 1. The van der Waals surface area contributed by atoms with E-state index in [1.165, 1.54) is 25.3 Å². The Morgan fingerprint density at radius 3 is 2.53 bits per heavy atom. The fourth-order valence-electron chi connectivity index (χ4n) is 3.78. The number of ether oxygens (including phenoxy) is 1. The molecule has 0 amide bonds. The number of nitrogens with zero attached hydrogens (tertiary/aromatic N) is 2. The third-order valence-corrected chi connectivity index (χ3v) is 5.57. The van der Waals surface area contributed by atoms with Crippen LogP contribution in [0.15, 0.2) is 47.5 Å². The molecule has 32 heavy (non-hydrogen) atoms. The maximum Gasteiger partial charge on any atom is 0.191 e. The van der Waals surface area contributed by atoms with E-state index in [0.717, 1.165) is 31.5 Å². The van der Waals surface area contributed by atoms with Gasteiger partial charge in [-0.2, -0.15) is 0 Å². The molecule has 1 heterocycles. The van der Waals surface area contributed by atoms with Crippen molar-refractivity contribution >= 4 is 5.96 Å². The van der Waals surface area contributed by atoms with E-state index in [-0.39, 0.29) is 30.0 Å². The zero-order valence-corrected chi connectivity index (χ0v) is 18.7. The highest BCUT2D eigenvalue weighted by Crippen LogP contribution is 2.20. The summed E-state index contributed by atoms with van der Waals surface area (Å²) in [6.07, 6.45) is 1.07. The van der Waals surface area contributed by atoms with Gasteiger partial charge in [0.25, 0.3) is 0 Å². The lowest BCUT2D eigenvalue weighted by molar-refractivity contribution is 0.186. The van der Waals surface area contributed by atoms with Gasteiger partial charge in [0.1, 0.15) is 5.82 Å². The van der Waals surface area contributed by atoms with Crippen LogP contribution in [0.25, 0.3) is 0 Å². The molecule has 3 N–H and O–H groups in total. The Bertz CT molecular complexity index is 884. The SMILES string of the molecule is CCNC(=NCC(O)c1ccc(F)cc1)NC1CCN(Cc2ccc(OC)c(F)c2)CC1. The first-order chi connectivity index (χ1) is 15.5. The molecular weight excluding hydrogens is 414 g/mol. The molecule has 6 nitrogen and oxygen atoms in total. The Morgan fingerprint density at radius 2 is 1.91 bits per heavy atom. The lowest BCUT2D eigenvalue weighted by atomic mass is 10.0. The molecule has 2 aromatic rings. The topological polar surface area (TPSA) is 69.1 Å². The van der Waals surface area contributed by atoms with Crippen LogP contribution in [0.2, 0.25) is 0 Å². The number of piperidine rings is 1. The van der Waals surface area contributed by atoms with Gasteiger partial charge in [0.05, 0.1) is 19.8 Å². The molecule has 8 heteroatoms. The van der Waals surface area contributed by atoms with Gasteiger partial charge < -0.3 is 20.5 Å². The summed E-state index contributed by atoms with van der Waals surface area (Å²) in [6, 6.07) is 11.2. The maximum atomic E-state index is 13.9. The number of benzene rings is 2. The second-order valence-corrected chi connectivity index (χ2v) is 7.95.